The summed E-state index contributed by atoms with van der Waals surface area (Å²) in [5, 5.41) is 2.57. The lowest BCUT2D eigenvalue weighted by Gasteiger charge is -2.22. The van der Waals surface area contributed by atoms with Crippen LogP contribution in [0.1, 0.15) is 103 Å². The van der Waals surface area contributed by atoms with E-state index in [1.54, 1.807) is 7.05 Å². The summed E-state index contributed by atoms with van der Waals surface area (Å²) in [7, 11) is 0.867. The number of nitrogens with one attached hydrogen (secondary N) is 1. The molecule has 5 nitrogen and oxygen atoms in total. The van der Waals surface area contributed by atoms with Crippen molar-refractivity contribution in [3.05, 3.63) is 0 Å². The Morgan fingerprint density at radius 3 is 1.48 bits per heavy atom. The summed E-state index contributed by atoms with van der Waals surface area (Å²) in [6.07, 6.45) is 18.6. The Morgan fingerprint density at radius 1 is 0.778 bits per heavy atom. The number of amides is 1. The first kappa shape index (κ1) is 26.6. The molecule has 6 heteroatoms. The van der Waals surface area contributed by atoms with Gasteiger partial charge in [-0.25, -0.2) is 0 Å². The first-order chi connectivity index (χ1) is 13.1. The molecule has 1 atom stereocenters. The Labute approximate surface area is 167 Å². The van der Waals surface area contributed by atoms with Crippen molar-refractivity contribution in [2.45, 2.75) is 109 Å². The van der Waals surface area contributed by atoms with Crippen molar-refractivity contribution in [2.75, 3.05) is 21.3 Å². The van der Waals surface area contributed by atoms with E-state index in [1.807, 2.05) is 0 Å². The van der Waals surface area contributed by atoms with Crippen molar-refractivity contribution in [2.24, 2.45) is 0 Å². The van der Waals surface area contributed by atoms with Gasteiger partial charge in [-0.1, -0.05) is 96.8 Å². The van der Waals surface area contributed by atoms with Gasteiger partial charge in [0, 0.05) is 21.3 Å². The maximum absolute atomic E-state index is 12.5. The predicted octanol–water partition coefficient (Wildman–Crippen LogP) is 6.46. The van der Waals surface area contributed by atoms with Crippen LogP contribution < -0.4 is 5.32 Å². The smallest absolute Gasteiger partial charge is 0.342 e. The summed E-state index contributed by atoms with van der Waals surface area (Å²) in [5.74, 6) is -0.267. The van der Waals surface area contributed by atoms with E-state index in [2.05, 4.69) is 12.2 Å². The molecule has 0 spiro atoms. The van der Waals surface area contributed by atoms with Crippen molar-refractivity contribution in [3.8, 4) is 0 Å². The molecule has 0 heterocycles. The lowest BCUT2D eigenvalue weighted by Crippen LogP contribution is -2.32. The third kappa shape index (κ3) is 12.6. The summed E-state index contributed by atoms with van der Waals surface area (Å²) in [6, 6.07) is 0. The molecule has 0 saturated carbocycles. The molecular formula is C21H44NO4P. The van der Waals surface area contributed by atoms with Gasteiger partial charge in [0.15, 0.2) is 0 Å². The highest BCUT2D eigenvalue weighted by Crippen LogP contribution is 2.53. The van der Waals surface area contributed by atoms with E-state index in [0.29, 0.717) is 6.42 Å². The molecule has 1 N–H and O–H groups in total. The number of rotatable bonds is 19. The van der Waals surface area contributed by atoms with Crippen LogP contribution in [0.4, 0.5) is 0 Å². The van der Waals surface area contributed by atoms with Crippen molar-refractivity contribution in [3.63, 3.8) is 0 Å². The summed E-state index contributed by atoms with van der Waals surface area (Å²) in [5.41, 5.74) is -0.713. The van der Waals surface area contributed by atoms with Gasteiger partial charge in [0.2, 0.25) is 5.91 Å². The zero-order valence-corrected chi connectivity index (χ0v) is 19.2. The first-order valence-electron chi connectivity index (χ1n) is 11.0. The van der Waals surface area contributed by atoms with Gasteiger partial charge in [0.05, 0.1) is 0 Å². The Kier molecular flexibility index (Phi) is 17.5. The number of carbonyl (C=O) groups excluding carboxylic acids is 1. The van der Waals surface area contributed by atoms with Gasteiger partial charge in [-0.05, 0) is 6.42 Å². The molecule has 0 aromatic rings. The zero-order chi connectivity index (χ0) is 20.4. The topological polar surface area (TPSA) is 64.6 Å². The number of hydrogen-bond acceptors (Lipinski definition) is 4. The van der Waals surface area contributed by atoms with Crippen LogP contribution in [0.5, 0.6) is 0 Å². The molecule has 1 unspecified atom stereocenters. The van der Waals surface area contributed by atoms with E-state index in [-0.39, 0.29) is 5.91 Å². The number of carbonyl (C=O) groups is 1. The maximum Gasteiger partial charge on any atom is 0.342 e. The Morgan fingerprint density at radius 2 is 1.15 bits per heavy atom. The minimum atomic E-state index is -3.36. The summed E-state index contributed by atoms with van der Waals surface area (Å²) in [6.45, 7) is 2.26. The lowest BCUT2D eigenvalue weighted by atomic mass is 10.0. The van der Waals surface area contributed by atoms with Crippen molar-refractivity contribution in [1.29, 1.82) is 0 Å². The van der Waals surface area contributed by atoms with Crippen LogP contribution in [0, 0.1) is 0 Å². The third-order valence-corrected chi connectivity index (χ3v) is 7.54. The molecule has 0 aromatic heterocycles. The zero-order valence-electron chi connectivity index (χ0n) is 18.3. The average Bonchev–Trinajstić information content (AvgIpc) is 2.69. The van der Waals surface area contributed by atoms with Gasteiger partial charge in [-0.2, -0.15) is 0 Å². The first-order valence-corrected chi connectivity index (χ1v) is 12.6. The summed E-state index contributed by atoms with van der Waals surface area (Å²) >= 11 is 0. The van der Waals surface area contributed by atoms with Crippen molar-refractivity contribution in [1.82, 2.24) is 5.32 Å². The van der Waals surface area contributed by atoms with Crippen LogP contribution >= 0.6 is 7.60 Å². The highest BCUT2D eigenvalue weighted by molar-refractivity contribution is 7.55. The lowest BCUT2D eigenvalue weighted by molar-refractivity contribution is -0.120. The van der Waals surface area contributed by atoms with E-state index < -0.39 is 13.3 Å². The van der Waals surface area contributed by atoms with E-state index in [9.17, 15) is 9.36 Å². The molecule has 27 heavy (non-hydrogen) atoms. The molecule has 0 aromatic carbocycles. The van der Waals surface area contributed by atoms with Gasteiger partial charge in [-0.15, -0.1) is 0 Å². The van der Waals surface area contributed by atoms with Gasteiger partial charge in [0.25, 0.3) is 0 Å². The molecule has 0 aliphatic rings. The monoisotopic (exact) mass is 405 g/mol. The second-order valence-electron chi connectivity index (χ2n) is 7.42. The fourth-order valence-electron chi connectivity index (χ4n) is 3.46. The number of unbranched alkanes of at least 4 members (excludes halogenated alkanes) is 13. The van der Waals surface area contributed by atoms with E-state index >= 15 is 0 Å². The highest BCUT2D eigenvalue weighted by atomic mass is 31.2. The van der Waals surface area contributed by atoms with Gasteiger partial charge in [-0.3, -0.25) is 9.36 Å². The molecule has 0 radical (unpaired) electrons. The predicted molar refractivity (Wildman–Crippen MR) is 114 cm³/mol. The third-order valence-electron chi connectivity index (χ3n) is 5.27. The average molecular weight is 406 g/mol. The van der Waals surface area contributed by atoms with E-state index in [0.717, 1.165) is 12.8 Å². The Bertz CT molecular complexity index is 396. The SMILES string of the molecule is CCCCCCCCCCCCCCCCC(C(=O)NC)P(=O)(OC)OC. The largest absolute Gasteiger partial charge is 0.358 e. The van der Waals surface area contributed by atoms with Gasteiger partial charge >= 0.3 is 7.60 Å². The van der Waals surface area contributed by atoms with E-state index in [1.165, 1.54) is 91.3 Å². The maximum atomic E-state index is 12.5. The minimum absolute atomic E-state index is 0.267. The second-order valence-corrected chi connectivity index (χ2v) is 9.85. The molecule has 0 aliphatic heterocycles. The highest BCUT2D eigenvalue weighted by Gasteiger charge is 2.38. The van der Waals surface area contributed by atoms with Crippen molar-refractivity contribution < 1.29 is 18.4 Å². The summed E-state index contributed by atoms with van der Waals surface area (Å²) in [4.78, 5) is 12.0. The van der Waals surface area contributed by atoms with Gasteiger partial charge < -0.3 is 14.4 Å². The fraction of sp³-hybridized carbons (Fsp3) is 0.952. The summed E-state index contributed by atoms with van der Waals surface area (Å²) < 4.78 is 22.5. The Balaban J connectivity index is 3.69. The molecule has 1 amide bonds. The molecule has 0 fully saturated rings. The van der Waals surface area contributed by atoms with Crippen LogP contribution in [-0.2, 0) is 18.4 Å². The Hall–Kier alpha value is -0.380. The normalized spacial score (nSPS) is 12.9. The molecular weight excluding hydrogens is 361 g/mol. The fourth-order valence-corrected chi connectivity index (χ4v) is 5.03. The van der Waals surface area contributed by atoms with Gasteiger partial charge in [0.1, 0.15) is 5.66 Å². The van der Waals surface area contributed by atoms with Crippen LogP contribution in [0.2, 0.25) is 0 Å². The molecule has 0 rings (SSSR count). The molecule has 162 valence electrons. The van der Waals surface area contributed by atoms with Crippen LogP contribution in [0.25, 0.3) is 0 Å². The minimum Gasteiger partial charge on any atom is -0.358 e. The van der Waals surface area contributed by atoms with Crippen molar-refractivity contribution >= 4 is 13.5 Å². The van der Waals surface area contributed by atoms with E-state index in [4.69, 9.17) is 9.05 Å². The second kappa shape index (κ2) is 17.7. The quantitative estimate of drug-likeness (QED) is 0.198. The molecule has 0 bridgehead atoms. The number of hydrogen-bond donors (Lipinski definition) is 1. The van der Waals surface area contributed by atoms with Crippen LogP contribution in [0.3, 0.4) is 0 Å². The molecule has 0 aliphatic carbocycles. The standard InChI is InChI=1S/C21H44NO4P/c1-5-6-7-8-9-10-11-12-13-14-15-16-17-18-19-20(21(23)22-2)27(24,25-3)26-4/h20H,5-19H2,1-4H3,(H,22,23). The van der Waals surface area contributed by atoms with Crippen LogP contribution in [0.15, 0.2) is 0 Å². The van der Waals surface area contributed by atoms with Crippen LogP contribution in [-0.4, -0.2) is 32.8 Å². The molecule has 0 saturated heterocycles.